The standard InChI is InChI=1S/C68H126O15/c1-3-5-7-9-11-13-15-17-19-21-23-25-27-29-30-32-34-36-38-40-42-44-46-48-50-59(70)78-53-56(54-79-67-66(77)64(75)62(73)58(83-67)55-80-68-65(76)63(74)61(72)57(52-69)82-68)81-60(71)51-49-47-45-43-41-39-37-35-33-31-28-26-24-22-20-18-16-14-12-10-8-6-4-2/h16,18,22,24,56-58,61-69,72-77H,3-15,17,19-21,23,25-55H2,1-2H3/b18-16-,24-22-. The van der Waals surface area contributed by atoms with Crippen molar-refractivity contribution in [3.05, 3.63) is 24.3 Å². The topological polar surface area (TPSA) is 231 Å². The zero-order valence-electron chi connectivity index (χ0n) is 52.7. The molecule has 0 aliphatic carbocycles. The van der Waals surface area contributed by atoms with Gasteiger partial charge < -0.3 is 64.2 Å². The van der Waals surface area contributed by atoms with Crippen LogP contribution in [0, 0.1) is 0 Å². The number of allylic oxidation sites excluding steroid dienone is 4. The smallest absolute Gasteiger partial charge is 0.306 e. The van der Waals surface area contributed by atoms with Crippen LogP contribution in [0.15, 0.2) is 24.3 Å². The minimum Gasteiger partial charge on any atom is -0.462 e. The molecule has 2 saturated heterocycles. The Bertz CT molecular complexity index is 1530. The van der Waals surface area contributed by atoms with Gasteiger partial charge in [-0.25, -0.2) is 0 Å². The van der Waals surface area contributed by atoms with Crippen LogP contribution in [0.1, 0.15) is 303 Å². The molecule has 0 amide bonds. The minimum absolute atomic E-state index is 0.167. The van der Waals surface area contributed by atoms with Gasteiger partial charge in [0.15, 0.2) is 18.7 Å². The van der Waals surface area contributed by atoms with Crippen molar-refractivity contribution >= 4 is 11.9 Å². The molecule has 0 aromatic carbocycles. The first-order valence-corrected chi connectivity index (χ1v) is 34.4. The lowest BCUT2D eigenvalue weighted by Crippen LogP contribution is -2.61. The van der Waals surface area contributed by atoms with E-state index < -0.39 is 92.7 Å². The Morgan fingerprint density at radius 2 is 0.723 bits per heavy atom. The SMILES string of the molecule is CCCCCCC/C=C\C/C=C\CCCCCCCCCCCCCC(=O)OC(COC(=O)CCCCCCCCCCCCCCCCCCCCCCCCCC)COC1OC(COC2OC(CO)C(O)C(O)C2O)C(O)C(O)C1O. The van der Waals surface area contributed by atoms with Crippen molar-refractivity contribution in [2.75, 3.05) is 26.4 Å². The van der Waals surface area contributed by atoms with Gasteiger partial charge in [-0.2, -0.15) is 0 Å². The fourth-order valence-electron chi connectivity index (χ4n) is 11.1. The second-order valence-electron chi connectivity index (χ2n) is 24.4. The highest BCUT2D eigenvalue weighted by Gasteiger charge is 2.47. The molecule has 0 spiro atoms. The number of rotatable bonds is 57. The quantitative estimate of drug-likeness (QED) is 0.0171. The first-order chi connectivity index (χ1) is 40.5. The molecule has 0 saturated carbocycles. The van der Waals surface area contributed by atoms with Gasteiger partial charge in [0, 0.05) is 12.8 Å². The largest absolute Gasteiger partial charge is 0.462 e. The average molecular weight is 1180 g/mol. The second-order valence-corrected chi connectivity index (χ2v) is 24.4. The van der Waals surface area contributed by atoms with Gasteiger partial charge >= 0.3 is 11.9 Å². The van der Waals surface area contributed by atoms with Gasteiger partial charge in [-0.15, -0.1) is 0 Å². The Kier molecular flexibility index (Phi) is 50.3. The summed E-state index contributed by atoms with van der Waals surface area (Å²) in [7, 11) is 0. The highest BCUT2D eigenvalue weighted by atomic mass is 16.7. The number of aliphatic hydroxyl groups is 7. The van der Waals surface area contributed by atoms with Crippen LogP contribution in [0.4, 0.5) is 0 Å². The third kappa shape index (κ3) is 40.2. The number of hydrogen-bond donors (Lipinski definition) is 7. The molecular formula is C68H126O15. The summed E-state index contributed by atoms with van der Waals surface area (Å²) >= 11 is 0. The summed E-state index contributed by atoms with van der Waals surface area (Å²) in [6.45, 7) is 2.66. The van der Waals surface area contributed by atoms with Crippen LogP contribution in [0.3, 0.4) is 0 Å². The molecule has 0 aromatic rings. The Morgan fingerprint density at radius 1 is 0.386 bits per heavy atom. The Balaban J connectivity index is 1.67. The molecule has 2 aliphatic rings. The molecule has 15 nitrogen and oxygen atoms in total. The van der Waals surface area contributed by atoms with Crippen molar-refractivity contribution in [3.63, 3.8) is 0 Å². The van der Waals surface area contributed by atoms with Crippen LogP contribution in [-0.2, 0) is 38.0 Å². The lowest BCUT2D eigenvalue weighted by Gasteiger charge is -2.42. The first-order valence-electron chi connectivity index (χ1n) is 34.4. The van der Waals surface area contributed by atoms with Crippen LogP contribution in [-0.4, -0.2) is 142 Å². The molecular weight excluding hydrogens is 1060 g/mol. The zero-order chi connectivity index (χ0) is 60.2. The molecule has 15 heteroatoms. The van der Waals surface area contributed by atoms with E-state index in [0.29, 0.717) is 12.8 Å². The molecule has 2 fully saturated rings. The number of esters is 2. The summed E-state index contributed by atoms with van der Waals surface area (Å²) in [4.78, 5) is 26.0. The van der Waals surface area contributed by atoms with Crippen LogP contribution in [0.2, 0.25) is 0 Å². The molecule has 11 atom stereocenters. The van der Waals surface area contributed by atoms with E-state index >= 15 is 0 Å². The highest BCUT2D eigenvalue weighted by molar-refractivity contribution is 5.70. The Labute approximate surface area is 504 Å². The summed E-state index contributed by atoms with van der Waals surface area (Å²) in [6, 6.07) is 0. The van der Waals surface area contributed by atoms with Crippen LogP contribution in [0.25, 0.3) is 0 Å². The van der Waals surface area contributed by atoms with Crippen LogP contribution >= 0.6 is 0 Å². The van der Waals surface area contributed by atoms with Crippen molar-refractivity contribution in [1.29, 1.82) is 0 Å². The molecule has 0 radical (unpaired) electrons. The molecule has 2 aliphatic heterocycles. The molecule has 0 bridgehead atoms. The maximum atomic E-state index is 13.1. The summed E-state index contributed by atoms with van der Waals surface area (Å²) in [6.07, 6.45) is 46.3. The van der Waals surface area contributed by atoms with Crippen molar-refractivity contribution in [2.24, 2.45) is 0 Å². The Morgan fingerprint density at radius 3 is 1.12 bits per heavy atom. The molecule has 0 aromatic heterocycles. The maximum Gasteiger partial charge on any atom is 0.306 e. The van der Waals surface area contributed by atoms with E-state index in [2.05, 4.69) is 38.2 Å². The lowest BCUT2D eigenvalue weighted by molar-refractivity contribution is -0.332. The normalized spacial score (nSPS) is 23.4. The van der Waals surface area contributed by atoms with E-state index in [4.69, 9.17) is 28.4 Å². The summed E-state index contributed by atoms with van der Waals surface area (Å²) < 4.78 is 33.9. The number of hydrogen-bond acceptors (Lipinski definition) is 15. The van der Waals surface area contributed by atoms with E-state index in [1.54, 1.807) is 0 Å². The van der Waals surface area contributed by atoms with Gasteiger partial charge in [0.25, 0.3) is 0 Å². The number of aliphatic hydroxyl groups excluding tert-OH is 7. The van der Waals surface area contributed by atoms with Crippen LogP contribution in [0.5, 0.6) is 0 Å². The molecule has 488 valence electrons. The highest BCUT2D eigenvalue weighted by Crippen LogP contribution is 2.27. The molecule has 2 heterocycles. The average Bonchev–Trinajstić information content (AvgIpc) is 3.66. The van der Waals surface area contributed by atoms with Gasteiger partial charge in [-0.05, 0) is 44.9 Å². The van der Waals surface area contributed by atoms with Crippen LogP contribution < -0.4 is 0 Å². The number of carbonyl (C=O) groups excluding carboxylic acids is 2. The summed E-state index contributed by atoms with van der Waals surface area (Å²) in [5.41, 5.74) is 0. The van der Waals surface area contributed by atoms with Crippen molar-refractivity contribution in [3.8, 4) is 0 Å². The van der Waals surface area contributed by atoms with Gasteiger partial charge in [0.2, 0.25) is 0 Å². The van der Waals surface area contributed by atoms with Gasteiger partial charge in [-0.3, -0.25) is 9.59 Å². The van der Waals surface area contributed by atoms with Crippen molar-refractivity contribution < 1.29 is 73.8 Å². The maximum absolute atomic E-state index is 13.1. The zero-order valence-corrected chi connectivity index (χ0v) is 52.7. The monoisotopic (exact) mass is 1180 g/mol. The fourth-order valence-corrected chi connectivity index (χ4v) is 11.1. The first kappa shape index (κ1) is 77.1. The fraction of sp³-hybridized carbons (Fsp3) is 0.912. The van der Waals surface area contributed by atoms with E-state index in [1.807, 2.05) is 0 Å². The van der Waals surface area contributed by atoms with Crippen molar-refractivity contribution in [2.45, 2.75) is 370 Å². The van der Waals surface area contributed by atoms with E-state index in [1.165, 1.54) is 212 Å². The van der Waals surface area contributed by atoms with Gasteiger partial charge in [0.1, 0.15) is 55.4 Å². The van der Waals surface area contributed by atoms with Gasteiger partial charge in [-0.1, -0.05) is 269 Å². The number of carbonyl (C=O) groups is 2. The van der Waals surface area contributed by atoms with E-state index in [0.717, 1.165) is 51.4 Å². The second kappa shape index (κ2) is 54.2. The van der Waals surface area contributed by atoms with Crippen molar-refractivity contribution in [1.82, 2.24) is 0 Å². The predicted molar refractivity (Wildman–Crippen MR) is 331 cm³/mol. The van der Waals surface area contributed by atoms with E-state index in [-0.39, 0.29) is 26.1 Å². The molecule has 7 N–H and O–H groups in total. The lowest BCUT2D eigenvalue weighted by atomic mass is 9.98. The number of unbranched alkanes of at least 4 members (excludes halogenated alkanes) is 39. The summed E-state index contributed by atoms with van der Waals surface area (Å²) in [5, 5.41) is 72.5. The molecule has 11 unspecified atom stereocenters. The predicted octanol–water partition coefficient (Wildman–Crippen LogP) is 13.8. The third-order valence-electron chi connectivity index (χ3n) is 16.7. The molecule has 2 rings (SSSR count). The summed E-state index contributed by atoms with van der Waals surface area (Å²) in [5.74, 6) is -0.907. The molecule has 83 heavy (non-hydrogen) atoms. The minimum atomic E-state index is -1.76. The third-order valence-corrected chi connectivity index (χ3v) is 16.7. The number of ether oxygens (including phenoxy) is 6. The van der Waals surface area contributed by atoms with Gasteiger partial charge in [0.05, 0.1) is 19.8 Å². The Hall–Kier alpha value is -2.02. The van der Waals surface area contributed by atoms with E-state index in [9.17, 15) is 45.3 Å².